The Morgan fingerprint density at radius 3 is 1.50 bits per heavy atom. The van der Waals surface area contributed by atoms with Gasteiger partial charge in [0.1, 0.15) is 11.5 Å². The highest BCUT2D eigenvalue weighted by Crippen LogP contribution is 2.43. The minimum absolute atomic E-state index is 0.0914. The van der Waals surface area contributed by atoms with Crippen molar-refractivity contribution in [1.82, 2.24) is 0 Å². The lowest BCUT2D eigenvalue weighted by Gasteiger charge is -2.19. The number of rotatable bonds is 2. The maximum atomic E-state index is 9.53. The SMILES string of the molecule is CC(c1c(Cl)cc(O)cc1Br)c1c(Cl)cc(O)cc1Br. The van der Waals surface area contributed by atoms with Crippen LogP contribution in [0.25, 0.3) is 0 Å². The molecule has 20 heavy (non-hydrogen) atoms. The van der Waals surface area contributed by atoms with Crippen LogP contribution in [0.5, 0.6) is 11.5 Å². The molecule has 0 aliphatic rings. The van der Waals surface area contributed by atoms with Crippen LogP contribution < -0.4 is 0 Å². The van der Waals surface area contributed by atoms with E-state index < -0.39 is 0 Å². The maximum Gasteiger partial charge on any atom is 0.118 e. The molecule has 0 unspecified atom stereocenters. The molecule has 2 aromatic rings. The summed E-state index contributed by atoms with van der Waals surface area (Å²) in [4.78, 5) is 0. The molecule has 2 aromatic carbocycles. The number of halogens is 4. The average molecular weight is 441 g/mol. The van der Waals surface area contributed by atoms with Crippen LogP contribution in [0.1, 0.15) is 24.0 Å². The minimum atomic E-state index is -0.125. The van der Waals surface area contributed by atoms with Crippen LogP contribution in [0.15, 0.2) is 33.2 Å². The van der Waals surface area contributed by atoms with Crippen LogP contribution in [-0.2, 0) is 0 Å². The van der Waals surface area contributed by atoms with Crippen LogP contribution in [0.2, 0.25) is 10.0 Å². The Morgan fingerprint density at radius 1 is 0.850 bits per heavy atom. The molecule has 2 rings (SSSR count). The highest BCUT2D eigenvalue weighted by molar-refractivity contribution is 9.10. The van der Waals surface area contributed by atoms with E-state index in [9.17, 15) is 10.2 Å². The first kappa shape index (κ1) is 16.0. The molecule has 0 heterocycles. The quantitative estimate of drug-likeness (QED) is 0.594. The second-order valence-electron chi connectivity index (χ2n) is 4.37. The Kier molecular flexibility index (Phi) is 4.90. The van der Waals surface area contributed by atoms with Gasteiger partial charge in [-0.05, 0) is 35.4 Å². The van der Waals surface area contributed by atoms with Gasteiger partial charge in [0.15, 0.2) is 0 Å². The van der Waals surface area contributed by atoms with E-state index >= 15 is 0 Å². The molecule has 0 aliphatic heterocycles. The van der Waals surface area contributed by atoms with Gasteiger partial charge in [-0.15, -0.1) is 0 Å². The molecule has 0 spiro atoms. The monoisotopic (exact) mass is 438 g/mol. The second kappa shape index (κ2) is 6.14. The summed E-state index contributed by atoms with van der Waals surface area (Å²) in [6.07, 6.45) is 0. The zero-order valence-electron chi connectivity index (χ0n) is 10.3. The van der Waals surface area contributed by atoms with E-state index in [1.807, 2.05) is 6.92 Å². The van der Waals surface area contributed by atoms with Gasteiger partial charge in [-0.2, -0.15) is 0 Å². The average Bonchev–Trinajstić information content (AvgIpc) is 2.25. The van der Waals surface area contributed by atoms with Gasteiger partial charge in [-0.3, -0.25) is 0 Å². The van der Waals surface area contributed by atoms with Gasteiger partial charge in [-0.25, -0.2) is 0 Å². The van der Waals surface area contributed by atoms with Crippen molar-refractivity contribution in [3.8, 4) is 11.5 Å². The van der Waals surface area contributed by atoms with E-state index in [0.29, 0.717) is 19.0 Å². The number of benzene rings is 2. The Morgan fingerprint density at radius 2 is 1.20 bits per heavy atom. The normalized spacial score (nSPS) is 11.1. The summed E-state index contributed by atoms with van der Waals surface area (Å²) in [6, 6.07) is 6.14. The summed E-state index contributed by atoms with van der Waals surface area (Å²) in [5, 5.41) is 20.0. The first-order chi connectivity index (χ1) is 9.31. The first-order valence-corrected chi connectivity index (χ1v) is 8.01. The molecule has 106 valence electrons. The van der Waals surface area contributed by atoms with E-state index in [0.717, 1.165) is 11.1 Å². The van der Waals surface area contributed by atoms with Gasteiger partial charge in [0.25, 0.3) is 0 Å². The van der Waals surface area contributed by atoms with Crippen molar-refractivity contribution in [2.75, 3.05) is 0 Å². The van der Waals surface area contributed by atoms with Crippen molar-refractivity contribution >= 4 is 55.1 Å². The lowest BCUT2D eigenvalue weighted by atomic mass is 9.93. The summed E-state index contributed by atoms with van der Waals surface area (Å²) >= 11 is 19.2. The molecule has 0 saturated carbocycles. The van der Waals surface area contributed by atoms with Crippen molar-refractivity contribution in [1.29, 1.82) is 0 Å². The molecular weight excluding hydrogens is 431 g/mol. The fourth-order valence-electron chi connectivity index (χ4n) is 2.11. The molecule has 6 heteroatoms. The number of hydrogen-bond donors (Lipinski definition) is 2. The summed E-state index contributed by atoms with van der Waals surface area (Å²) in [6.45, 7) is 1.95. The zero-order valence-corrected chi connectivity index (χ0v) is 15.0. The van der Waals surface area contributed by atoms with E-state index in [1.165, 1.54) is 12.1 Å². The van der Waals surface area contributed by atoms with Crippen molar-refractivity contribution in [3.05, 3.63) is 54.4 Å². The predicted molar refractivity (Wildman–Crippen MR) is 89.2 cm³/mol. The van der Waals surface area contributed by atoms with Crippen molar-refractivity contribution in [2.45, 2.75) is 12.8 Å². The molecule has 0 bridgehead atoms. The minimum Gasteiger partial charge on any atom is -0.508 e. The standard InChI is InChI=1S/C14H10Br2Cl2O2/c1-6(13-9(15)2-7(19)4-11(13)17)14-10(16)3-8(20)5-12(14)18/h2-6,19-20H,1H3. The molecule has 0 fully saturated rings. The number of hydrogen-bond acceptors (Lipinski definition) is 2. The van der Waals surface area contributed by atoms with Crippen LogP contribution in [-0.4, -0.2) is 10.2 Å². The van der Waals surface area contributed by atoms with Gasteiger partial charge >= 0.3 is 0 Å². The first-order valence-electron chi connectivity index (χ1n) is 5.67. The third-order valence-electron chi connectivity index (χ3n) is 2.99. The third kappa shape index (κ3) is 3.08. The number of phenols is 2. The second-order valence-corrected chi connectivity index (χ2v) is 6.89. The fraction of sp³-hybridized carbons (Fsp3) is 0.143. The third-order valence-corrected chi connectivity index (χ3v) is 4.93. The Hall–Kier alpha value is -0.420. The Labute approximate surface area is 143 Å². The van der Waals surface area contributed by atoms with Crippen molar-refractivity contribution < 1.29 is 10.2 Å². The van der Waals surface area contributed by atoms with E-state index in [4.69, 9.17) is 23.2 Å². The molecule has 0 aliphatic carbocycles. The highest BCUT2D eigenvalue weighted by Gasteiger charge is 2.21. The zero-order chi connectivity index (χ0) is 15.0. The Balaban J connectivity index is 2.61. The van der Waals surface area contributed by atoms with E-state index in [2.05, 4.69) is 31.9 Å². The van der Waals surface area contributed by atoms with Crippen molar-refractivity contribution in [2.24, 2.45) is 0 Å². The summed E-state index contributed by atoms with van der Waals surface area (Å²) in [7, 11) is 0. The van der Waals surface area contributed by atoms with E-state index in [-0.39, 0.29) is 17.4 Å². The number of phenolic OH excluding ortho intramolecular Hbond substituents is 2. The van der Waals surface area contributed by atoms with Crippen molar-refractivity contribution in [3.63, 3.8) is 0 Å². The summed E-state index contributed by atoms with van der Waals surface area (Å²) in [5.41, 5.74) is 1.63. The lowest BCUT2D eigenvalue weighted by molar-refractivity contribution is 0.474. The van der Waals surface area contributed by atoms with Crippen LogP contribution in [0.4, 0.5) is 0 Å². The fourth-order valence-corrected chi connectivity index (χ4v) is 4.68. The lowest BCUT2D eigenvalue weighted by Crippen LogP contribution is -2.01. The predicted octanol–water partition coefficient (Wildman–Crippen LogP) is 6.08. The molecule has 0 aromatic heterocycles. The maximum absolute atomic E-state index is 9.53. The van der Waals surface area contributed by atoms with Gasteiger partial charge < -0.3 is 10.2 Å². The Bertz CT molecular complexity index is 571. The topological polar surface area (TPSA) is 40.5 Å². The number of aromatic hydroxyl groups is 2. The highest BCUT2D eigenvalue weighted by atomic mass is 79.9. The van der Waals surface area contributed by atoms with Crippen LogP contribution >= 0.6 is 55.1 Å². The molecular formula is C14H10Br2Cl2O2. The van der Waals surface area contributed by atoms with E-state index in [1.54, 1.807) is 12.1 Å². The van der Waals surface area contributed by atoms with Crippen LogP contribution in [0, 0.1) is 0 Å². The van der Waals surface area contributed by atoms with Crippen LogP contribution in [0.3, 0.4) is 0 Å². The summed E-state index contributed by atoms with van der Waals surface area (Å²) in [5.74, 6) is 0.0577. The largest absolute Gasteiger partial charge is 0.508 e. The molecule has 0 atom stereocenters. The van der Waals surface area contributed by atoms with Gasteiger partial charge in [0, 0.05) is 24.9 Å². The molecule has 0 amide bonds. The van der Waals surface area contributed by atoms with Gasteiger partial charge in [0.2, 0.25) is 0 Å². The summed E-state index contributed by atoms with van der Waals surface area (Å²) < 4.78 is 1.40. The molecule has 2 nitrogen and oxygen atoms in total. The molecule has 0 saturated heterocycles. The molecule has 0 radical (unpaired) electrons. The van der Waals surface area contributed by atoms with Gasteiger partial charge in [0.05, 0.1) is 0 Å². The molecule has 2 N–H and O–H groups in total. The van der Waals surface area contributed by atoms with Gasteiger partial charge in [-0.1, -0.05) is 62.0 Å². The smallest absolute Gasteiger partial charge is 0.118 e.